The van der Waals surface area contributed by atoms with E-state index in [9.17, 15) is 5.11 Å². The van der Waals surface area contributed by atoms with Gasteiger partial charge in [0.1, 0.15) is 0 Å². The summed E-state index contributed by atoms with van der Waals surface area (Å²) in [6.07, 6.45) is 10.2. The van der Waals surface area contributed by atoms with E-state index in [2.05, 4.69) is 0 Å². The average Bonchev–Trinajstić information content (AvgIpc) is 2.41. The molecule has 0 aliphatic rings. The van der Waals surface area contributed by atoms with Gasteiger partial charge in [0.05, 0.1) is 0 Å². The van der Waals surface area contributed by atoms with Gasteiger partial charge < -0.3 is 0 Å². The Balaban J connectivity index is 3.78. The van der Waals surface area contributed by atoms with Crippen molar-refractivity contribution in [2.24, 2.45) is 5.50 Å². The Bertz CT molecular complexity index is 357. The molecule has 0 amide bonds. The number of rotatable bonds is 12. The number of methoxy groups -OCH3 is 1. The minimum atomic E-state index is -2.28. The standard InChI is InChI=1S/C15H33N2O4P/c1-5-11-15(20-3)14(18)12-9-7-6-8-10-13-22(4,16)21-17(2)19/h5,11,18-19,22H,6-10,12-13,16H2,1-4H3/b11-5-,15-14-. The van der Waals surface area contributed by atoms with Crippen LogP contribution in [0.1, 0.15) is 45.4 Å². The average molecular weight is 336 g/mol. The van der Waals surface area contributed by atoms with Crippen molar-refractivity contribution in [3.05, 3.63) is 23.7 Å². The summed E-state index contributed by atoms with van der Waals surface area (Å²) in [5.74, 6) is 0.847. The van der Waals surface area contributed by atoms with Crippen molar-refractivity contribution in [2.45, 2.75) is 45.4 Å². The van der Waals surface area contributed by atoms with E-state index in [-0.39, 0.29) is 0 Å². The molecule has 22 heavy (non-hydrogen) atoms. The van der Waals surface area contributed by atoms with Gasteiger partial charge in [-0.3, -0.25) is 0 Å². The molecule has 0 bridgehead atoms. The summed E-state index contributed by atoms with van der Waals surface area (Å²) in [7, 11) is 0.714. The van der Waals surface area contributed by atoms with Gasteiger partial charge in [0.15, 0.2) is 0 Å². The third-order valence-corrected chi connectivity index (χ3v) is 5.28. The van der Waals surface area contributed by atoms with Gasteiger partial charge in [0, 0.05) is 0 Å². The number of nitrogens with zero attached hydrogens (tertiary/aromatic N) is 1. The molecular weight excluding hydrogens is 303 g/mol. The van der Waals surface area contributed by atoms with E-state index in [0.29, 0.717) is 23.2 Å². The maximum absolute atomic E-state index is 9.88. The first-order valence-electron chi connectivity index (χ1n) is 7.82. The van der Waals surface area contributed by atoms with Crippen molar-refractivity contribution in [2.75, 3.05) is 27.0 Å². The number of nitrogens with two attached hydrogens (primary N) is 1. The number of hydrogen-bond donors (Lipinski definition) is 3. The molecule has 0 atom stereocenters. The van der Waals surface area contributed by atoms with E-state index in [1.54, 1.807) is 13.2 Å². The van der Waals surface area contributed by atoms with Crippen molar-refractivity contribution >= 4 is 7.64 Å². The molecule has 4 N–H and O–H groups in total. The van der Waals surface area contributed by atoms with Gasteiger partial charge in [-0.25, -0.2) is 0 Å². The first-order chi connectivity index (χ1) is 10.3. The van der Waals surface area contributed by atoms with Crippen molar-refractivity contribution in [3.63, 3.8) is 0 Å². The Kier molecular flexibility index (Phi) is 11.5. The molecule has 0 saturated heterocycles. The Morgan fingerprint density at radius 1 is 1.23 bits per heavy atom. The number of unbranched alkanes of at least 4 members (excludes halogenated alkanes) is 4. The Labute approximate surface area is 135 Å². The van der Waals surface area contributed by atoms with Gasteiger partial charge in [-0.1, -0.05) is 0 Å². The second kappa shape index (κ2) is 11.9. The molecule has 0 heterocycles. The first kappa shape index (κ1) is 21.4. The number of hydrogen-bond acceptors (Lipinski definition) is 6. The van der Waals surface area contributed by atoms with Crippen molar-refractivity contribution in [3.8, 4) is 0 Å². The van der Waals surface area contributed by atoms with Crippen LogP contribution in [0, 0.1) is 0 Å². The summed E-state index contributed by atoms with van der Waals surface area (Å²) in [4.78, 5) is 0. The van der Waals surface area contributed by atoms with E-state index < -0.39 is 7.64 Å². The van der Waals surface area contributed by atoms with Gasteiger partial charge in [-0.2, -0.15) is 0 Å². The van der Waals surface area contributed by atoms with E-state index in [0.717, 1.165) is 38.3 Å². The van der Waals surface area contributed by atoms with E-state index in [1.165, 1.54) is 7.05 Å². The Morgan fingerprint density at radius 3 is 2.36 bits per heavy atom. The fraction of sp³-hybridized carbons (Fsp3) is 0.733. The summed E-state index contributed by atoms with van der Waals surface area (Å²) >= 11 is 0. The fourth-order valence-electron chi connectivity index (χ4n) is 2.20. The fourth-order valence-corrected chi connectivity index (χ4v) is 3.85. The number of ether oxygens (including phenoxy) is 1. The van der Waals surface area contributed by atoms with Crippen LogP contribution in [0.4, 0.5) is 0 Å². The molecule has 0 radical (unpaired) electrons. The van der Waals surface area contributed by atoms with Crippen LogP contribution in [-0.2, 0) is 9.36 Å². The second-order valence-electron chi connectivity index (χ2n) is 5.65. The van der Waals surface area contributed by atoms with E-state index in [1.807, 2.05) is 19.7 Å². The van der Waals surface area contributed by atoms with Gasteiger partial charge in [0.2, 0.25) is 0 Å². The Hall–Kier alpha value is -0.650. The number of allylic oxidation sites excluding steroid dienone is 3. The van der Waals surface area contributed by atoms with Crippen molar-refractivity contribution in [1.29, 1.82) is 0 Å². The van der Waals surface area contributed by atoms with E-state index >= 15 is 0 Å². The topological polar surface area (TPSA) is 88.2 Å². The summed E-state index contributed by atoms with van der Waals surface area (Å²) in [6, 6.07) is 0. The van der Waals surface area contributed by atoms with Crippen LogP contribution in [0.5, 0.6) is 0 Å². The molecule has 0 rings (SSSR count). The third kappa shape index (κ3) is 11.0. The van der Waals surface area contributed by atoms with Gasteiger partial charge >= 0.3 is 134 Å². The molecule has 0 saturated carbocycles. The molecule has 0 aliphatic carbocycles. The van der Waals surface area contributed by atoms with Crippen LogP contribution in [0.2, 0.25) is 0 Å². The molecule has 0 aliphatic heterocycles. The second-order valence-corrected chi connectivity index (χ2v) is 8.96. The summed E-state index contributed by atoms with van der Waals surface area (Å²) in [5.41, 5.74) is 6.03. The zero-order valence-electron chi connectivity index (χ0n) is 14.3. The van der Waals surface area contributed by atoms with Gasteiger partial charge in [0.25, 0.3) is 0 Å². The van der Waals surface area contributed by atoms with Crippen molar-refractivity contribution in [1.82, 2.24) is 5.23 Å². The number of hydroxylamine groups is 2. The monoisotopic (exact) mass is 336 g/mol. The van der Waals surface area contributed by atoms with Crippen LogP contribution in [-0.4, -0.2) is 42.5 Å². The zero-order valence-corrected chi connectivity index (χ0v) is 15.3. The minimum absolute atomic E-state index is 0.307. The van der Waals surface area contributed by atoms with Crippen LogP contribution >= 0.6 is 7.64 Å². The molecule has 0 aromatic rings. The van der Waals surface area contributed by atoms with Gasteiger partial charge in [-0.05, 0) is 0 Å². The number of aliphatic hydroxyl groups is 1. The predicted molar refractivity (Wildman–Crippen MR) is 93.1 cm³/mol. The SMILES string of the molecule is C/C=C\C(OC)=C(\O)CCCCCCC[PH](C)(N)ON(C)O. The van der Waals surface area contributed by atoms with Crippen molar-refractivity contribution < 1.29 is 19.7 Å². The van der Waals surface area contributed by atoms with Gasteiger partial charge in [-0.15, -0.1) is 0 Å². The maximum atomic E-state index is 9.88. The normalized spacial score (nSPS) is 14.5. The Morgan fingerprint density at radius 2 is 1.82 bits per heavy atom. The molecule has 7 heteroatoms. The van der Waals surface area contributed by atoms with Crippen LogP contribution in [0.15, 0.2) is 23.7 Å². The van der Waals surface area contributed by atoms with E-state index in [4.69, 9.17) is 20.1 Å². The summed E-state index contributed by atoms with van der Waals surface area (Å²) in [5, 5.41) is 19.6. The molecule has 0 unspecified atom stereocenters. The molecule has 132 valence electrons. The quantitative estimate of drug-likeness (QED) is 0.165. The third-order valence-electron chi connectivity index (χ3n) is 3.25. The molecule has 0 aromatic carbocycles. The van der Waals surface area contributed by atoms with Crippen LogP contribution in [0.25, 0.3) is 0 Å². The zero-order chi connectivity index (χ0) is 17.0. The molecule has 6 nitrogen and oxygen atoms in total. The molecule has 0 aromatic heterocycles. The summed E-state index contributed by atoms with van der Waals surface area (Å²) < 4.78 is 10.3. The molecule has 0 spiro atoms. The van der Waals surface area contributed by atoms with Crippen LogP contribution < -0.4 is 5.50 Å². The number of aliphatic hydroxyl groups excluding tert-OH is 1. The predicted octanol–water partition coefficient (Wildman–Crippen LogP) is 3.74. The summed E-state index contributed by atoms with van der Waals surface area (Å²) in [6.45, 7) is 3.77. The first-order valence-corrected chi connectivity index (χ1v) is 10.5. The van der Waals surface area contributed by atoms with Crippen LogP contribution in [0.3, 0.4) is 0 Å². The molecular formula is C15H33N2O4P. The molecule has 0 fully saturated rings.